The summed E-state index contributed by atoms with van der Waals surface area (Å²) in [6.07, 6.45) is 2.62. The van der Waals surface area contributed by atoms with Gasteiger partial charge in [-0.2, -0.15) is 0 Å². The molecule has 0 heterocycles. The molecule has 0 bridgehead atoms. The third kappa shape index (κ3) is 4.41. The zero-order chi connectivity index (χ0) is 13.0. The van der Waals surface area contributed by atoms with Gasteiger partial charge in [0, 0.05) is 12.1 Å². The molecule has 1 aliphatic rings. The van der Waals surface area contributed by atoms with Crippen LogP contribution in [0.4, 0.5) is 8.78 Å². The van der Waals surface area contributed by atoms with Crippen molar-refractivity contribution < 1.29 is 13.6 Å². The predicted octanol–water partition coefficient (Wildman–Crippen LogP) is 1.38. The Kier molecular flexibility index (Phi) is 4.25. The van der Waals surface area contributed by atoms with Crippen LogP contribution in [0.5, 0.6) is 0 Å². The molecule has 0 spiro atoms. The van der Waals surface area contributed by atoms with Gasteiger partial charge in [0.25, 0.3) is 0 Å². The van der Waals surface area contributed by atoms with Gasteiger partial charge in [0.2, 0.25) is 5.91 Å². The quantitative estimate of drug-likeness (QED) is 0.753. The number of carbonyl (C=O) groups is 1. The van der Waals surface area contributed by atoms with Crippen molar-refractivity contribution in [2.75, 3.05) is 13.1 Å². The SMILES string of the molecule is O=C(CNCCc1cc(F)cc(F)c1)NC1CC1. The smallest absolute Gasteiger partial charge is 0.234 e. The maximum atomic E-state index is 12.9. The van der Waals surface area contributed by atoms with E-state index in [1.807, 2.05) is 0 Å². The topological polar surface area (TPSA) is 41.1 Å². The Morgan fingerprint density at radius 2 is 1.89 bits per heavy atom. The van der Waals surface area contributed by atoms with Crippen molar-refractivity contribution in [1.82, 2.24) is 10.6 Å². The Hall–Kier alpha value is -1.49. The minimum atomic E-state index is -0.573. The lowest BCUT2D eigenvalue weighted by Crippen LogP contribution is -2.35. The number of hydrogen-bond donors (Lipinski definition) is 2. The van der Waals surface area contributed by atoms with E-state index in [0.717, 1.165) is 18.9 Å². The van der Waals surface area contributed by atoms with Crippen molar-refractivity contribution in [1.29, 1.82) is 0 Å². The first-order valence-electron chi connectivity index (χ1n) is 6.08. The van der Waals surface area contributed by atoms with E-state index in [4.69, 9.17) is 0 Å². The molecule has 18 heavy (non-hydrogen) atoms. The van der Waals surface area contributed by atoms with Crippen molar-refractivity contribution in [2.24, 2.45) is 0 Å². The summed E-state index contributed by atoms with van der Waals surface area (Å²) < 4.78 is 25.8. The van der Waals surface area contributed by atoms with Gasteiger partial charge >= 0.3 is 0 Å². The molecule has 0 aliphatic heterocycles. The van der Waals surface area contributed by atoms with Crippen LogP contribution in [0.2, 0.25) is 0 Å². The summed E-state index contributed by atoms with van der Waals surface area (Å²) in [7, 11) is 0. The molecule has 3 nitrogen and oxygen atoms in total. The molecule has 5 heteroatoms. The average molecular weight is 254 g/mol. The van der Waals surface area contributed by atoms with Gasteiger partial charge in [0.1, 0.15) is 11.6 Å². The standard InChI is InChI=1S/C13H16F2N2O/c14-10-5-9(6-11(15)7-10)3-4-16-8-13(18)17-12-1-2-12/h5-7,12,16H,1-4,8H2,(H,17,18). The van der Waals surface area contributed by atoms with Crippen LogP contribution in [0, 0.1) is 11.6 Å². The van der Waals surface area contributed by atoms with E-state index in [0.29, 0.717) is 24.6 Å². The molecule has 0 saturated heterocycles. The fraction of sp³-hybridized carbons (Fsp3) is 0.462. The van der Waals surface area contributed by atoms with Crippen molar-refractivity contribution in [3.05, 3.63) is 35.4 Å². The first-order valence-corrected chi connectivity index (χ1v) is 6.08. The minimum absolute atomic E-state index is 0.0251. The summed E-state index contributed by atoms with van der Waals surface area (Å²) in [6, 6.07) is 3.81. The van der Waals surface area contributed by atoms with E-state index in [2.05, 4.69) is 10.6 Å². The van der Waals surface area contributed by atoms with Crippen LogP contribution in [0.1, 0.15) is 18.4 Å². The maximum absolute atomic E-state index is 12.9. The zero-order valence-corrected chi connectivity index (χ0v) is 10.0. The lowest BCUT2D eigenvalue weighted by atomic mass is 10.1. The summed E-state index contributed by atoms with van der Waals surface area (Å²) in [4.78, 5) is 11.3. The molecule has 98 valence electrons. The van der Waals surface area contributed by atoms with Crippen LogP contribution in [-0.4, -0.2) is 25.0 Å². The molecule has 1 saturated carbocycles. The first kappa shape index (κ1) is 13.0. The van der Waals surface area contributed by atoms with Crippen molar-refractivity contribution in [3.8, 4) is 0 Å². The number of amides is 1. The molecule has 1 amide bonds. The second-order valence-electron chi connectivity index (χ2n) is 4.55. The first-order chi connectivity index (χ1) is 8.63. The van der Waals surface area contributed by atoms with Crippen LogP contribution >= 0.6 is 0 Å². The van der Waals surface area contributed by atoms with E-state index < -0.39 is 11.6 Å². The second kappa shape index (κ2) is 5.91. The van der Waals surface area contributed by atoms with E-state index in [9.17, 15) is 13.6 Å². The number of hydrogen-bond acceptors (Lipinski definition) is 2. The van der Waals surface area contributed by atoms with Gasteiger partial charge in [0.05, 0.1) is 6.54 Å². The largest absolute Gasteiger partial charge is 0.352 e. The third-order valence-corrected chi connectivity index (χ3v) is 2.74. The van der Waals surface area contributed by atoms with E-state index >= 15 is 0 Å². The van der Waals surface area contributed by atoms with Crippen molar-refractivity contribution in [2.45, 2.75) is 25.3 Å². The fourth-order valence-electron chi connectivity index (χ4n) is 1.70. The van der Waals surface area contributed by atoms with Crippen LogP contribution in [0.25, 0.3) is 0 Å². The summed E-state index contributed by atoms with van der Waals surface area (Å²) >= 11 is 0. The number of carbonyl (C=O) groups excluding carboxylic acids is 1. The molecule has 1 aromatic rings. The highest BCUT2D eigenvalue weighted by atomic mass is 19.1. The summed E-state index contributed by atoms with van der Waals surface area (Å²) in [5.41, 5.74) is 0.586. The minimum Gasteiger partial charge on any atom is -0.352 e. The Morgan fingerprint density at radius 1 is 1.22 bits per heavy atom. The molecular formula is C13H16F2N2O. The summed E-state index contributed by atoms with van der Waals surface area (Å²) in [5, 5.41) is 5.80. The normalized spacial score (nSPS) is 14.6. The van der Waals surface area contributed by atoms with Gasteiger partial charge in [-0.05, 0) is 43.5 Å². The van der Waals surface area contributed by atoms with Crippen LogP contribution in [0.3, 0.4) is 0 Å². The monoisotopic (exact) mass is 254 g/mol. The second-order valence-corrected chi connectivity index (χ2v) is 4.55. The van der Waals surface area contributed by atoms with Crippen LogP contribution in [0.15, 0.2) is 18.2 Å². The van der Waals surface area contributed by atoms with E-state index in [-0.39, 0.29) is 12.5 Å². The molecule has 1 aromatic carbocycles. The zero-order valence-electron chi connectivity index (χ0n) is 10.0. The van der Waals surface area contributed by atoms with E-state index in [1.54, 1.807) is 0 Å². The van der Waals surface area contributed by atoms with Gasteiger partial charge in [-0.15, -0.1) is 0 Å². The maximum Gasteiger partial charge on any atom is 0.234 e. The molecule has 0 radical (unpaired) electrons. The average Bonchev–Trinajstić information content (AvgIpc) is 3.07. The summed E-state index contributed by atoms with van der Waals surface area (Å²) in [5.74, 6) is -1.17. The number of rotatable bonds is 6. The van der Waals surface area contributed by atoms with Gasteiger partial charge in [0.15, 0.2) is 0 Å². The number of nitrogens with one attached hydrogen (secondary N) is 2. The molecule has 0 aromatic heterocycles. The third-order valence-electron chi connectivity index (χ3n) is 2.74. The Morgan fingerprint density at radius 3 is 2.50 bits per heavy atom. The van der Waals surface area contributed by atoms with E-state index in [1.165, 1.54) is 12.1 Å². The lowest BCUT2D eigenvalue weighted by molar-refractivity contribution is -0.120. The highest BCUT2D eigenvalue weighted by Crippen LogP contribution is 2.18. The number of halogens is 2. The lowest BCUT2D eigenvalue weighted by Gasteiger charge is -2.06. The fourth-order valence-corrected chi connectivity index (χ4v) is 1.70. The Bertz CT molecular complexity index is 413. The molecular weight excluding hydrogens is 238 g/mol. The Balaban J connectivity index is 1.66. The molecule has 2 rings (SSSR count). The highest BCUT2D eigenvalue weighted by Gasteiger charge is 2.22. The van der Waals surface area contributed by atoms with Crippen molar-refractivity contribution >= 4 is 5.91 Å². The molecule has 1 fully saturated rings. The van der Waals surface area contributed by atoms with Gasteiger partial charge in [-0.1, -0.05) is 0 Å². The predicted molar refractivity (Wildman–Crippen MR) is 64.1 cm³/mol. The Labute approximate surface area is 105 Å². The van der Waals surface area contributed by atoms with Crippen LogP contribution < -0.4 is 10.6 Å². The van der Waals surface area contributed by atoms with Crippen molar-refractivity contribution in [3.63, 3.8) is 0 Å². The van der Waals surface area contributed by atoms with Gasteiger partial charge < -0.3 is 10.6 Å². The number of benzene rings is 1. The van der Waals surface area contributed by atoms with Gasteiger partial charge in [-0.3, -0.25) is 4.79 Å². The molecule has 2 N–H and O–H groups in total. The molecule has 1 aliphatic carbocycles. The van der Waals surface area contributed by atoms with Gasteiger partial charge in [-0.25, -0.2) is 8.78 Å². The summed E-state index contributed by atoms with van der Waals surface area (Å²) in [6.45, 7) is 0.759. The molecule has 0 atom stereocenters. The molecule has 0 unspecified atom stereocenters. The van der Waals surface area contributed by atoms with Crippen LogP contribution in [-0.2, 0) is 11.2 Å². The highest BCUT2D eigenvalue weighted by molar-refractivity contribution is 5.78.